The molecule has 0 spiro atoms. The molecule has 88 valence electrons. The molecule has 1 aliphatic rings. The van der Waals surface area contributed by atoms with E-state index in [4.69, 9.17) is 4.52 Å². The van der Waals surface area contributed by atoms with Gasteiger partial charge in [-0.25, -0.2) is 0 Å². The zero-order valence-electron chi connectivity index (χ0n) is 9.02. The third-order valence-electron chi connectivity index (χ3n) is 2.25. The van der Waals surface area contributed by atoms with Gasteiger partial charge < -0.3 is 9.84 Å². The minimum absolute atomic E-state index is 0.0465. The molecule has 7 heteroatoms. The van der Waals surface area contributed by atoms with E-state index in [0.717, 1.165) is 11.6 Å². The van der Waals surface area contributed by atoms with Crippen LogP contribution in [0.2, 0.25) is 0 Å². The second-order valence-electron chi connectivity index (χ2n) is 3.54. The van der Waals surface area contributed by atoms with Gasteiger partial charge in [-0.05, 0) is 0 Å². The van der Waals surface area contributed by atoms with Gasteiger partial charge in [-0.15, -0.1) is 11.8 Å². The maximum Gasteiger partial charge on any atom is 0.238 e. The summed E-state index contributed by atoms with van der Waals surface area (Å²) < 4.78 is 4.83. The Morgan fingerprint density at radius 1 is 1.75 bits per heavy atom. The molecule has 1 unspecified atom stereocenters. The van der Waals surface area contributed by atoms with Crippen LogP contribution in [0.5, 0.6) is 0 Å². The van der Waals surface area contributed by atoms with Crippen molar-refractivity contribution in [2.24, 2.45) is 0 Å². The van der Waals surface area contributed by atoms with Gasteiger partial charge in [-0.2, -0.15) is 4.98 Å². The maximum atomic E-state index is 11.6. The van der Waals surface area contributed by atoms with Gasteiger partial charge in [0.05, 0.1) is 6.04 Å². The van der Waals surface area contributed by atoms with Gasteiger partial charge in [0.1, 0.15) is 0 Å². The van der Waals surface area contributed by atoms with Crippen LogP contribution in [0.4, 0.5) is 0 Å². The molecule has 0 saturated carbocycles. The van der Waals surface area contributed by atoms with Gasteiger partial charge in [0, 0.05) is 31.5 Å². The van der Waals surface area contributed by atoms with Gasteiger partial charge in [0.2, 0.25) is 11.8 Å². The summed E-state index contributed by atoms with van der Waals surface area (Å²) in [4.78, 5) is 15.6. The SMILES string of the molecule is Cc1nc(CCNC(=O)C2CSCN2)no1. The van der Waals surface area contributed by atoms with Gasteiger partial charge in [-0.3, -0.25) is 10.1 Å². The highest BCUT2D eigenvalue weighted by atomic mass is 32.2. The lowest BCUT2D eigenvalue weighted by molar-refractivity contribution is -0.122. The van der Waals surface area contributed by atoms with E-state index in [1.807, 2.05) is 0 Å². The monoisotopic (exact) mass is 242 g/mol. The summed E-state index contributed by atoms with van der Waals surface area (Å²) in [6, 6.07) is -0.0583. The third-order valence-corrected chi connectivity index (χ3v) is 3.19. The minimum Gasteiger partial charge on any atom is -0.354 e. The van der Waals surface area contributed by atoms with Crippen molar-refractivity contribution in [3.8, 4) is 0 Å². The molecule has 2 rings (SSSR count). The molecule has 0 radical (unpaired) electrons. The van der Waals surface area contributed by atoms with E-state index in [2.05, 4.69) is 20.8 Å². The average molecular weight is 242 g/mol. The number of nitrogens with one attached hydrogen (secondary N) is 2. The zero-order chi connectivity index (χ0) is 11.4. The Labute approximate surface area is 97.5 Å². The maximum absolute atomic E-state index is 11.6. The summed E-state index contributed by atoms with van der Waals surface area (Å²) in [5, 5.41) is 9.71. The van der Waals surface area contributed by atoms with Crippen LogP contribution in [0.15, 0.2) is 4.52 Å². The molecular formula is C9H14N4O2S. The lowest BCUT2D eigenvalue weighted by Gasteiger charge is -2.08. The first-order valence-electron chi connectivity index (χ1n) is 5.14. The Hall–Kier alpha value is -1.08. The lowest BCUT2D eigenvalue weighted by atomic mass is 10.3. The summed E-state index contributed by atoms with van der Waals surface area (Å²) in [6.07, 6.45) is 0.600. The fraction of sp³-hybridized carbons (Fsp3) is 0.667. The number of carbonyl (C=O) groups is 1. The van der Waals surface area contributed by atoms with Crippen LogP contribution >= 0.6 is 11.8 Å². The summed E-state index contributed by atoms with van der Waals surface area (Å²) in [7, 11) is 0. The summed E-state index contributed by atoms with van der Waals surface area (Å²) >= 11 is 1.73. The number of carbonyl (C=O) groups excluding carboxylic acids is 1. The van der Waals surface area contributed by atoms with Crippen molar-refractivity contribution in [2.75, 3.05) is 18.2 Å². The van der Waals surface area contributed by atoms with E-state index in [-0.39, 0.29) is 11.9 Å². The molecule has 2 heterocycles. The van der Waals surface area contributed by atoms with E-state index in [1.54, 1.807) is 18.7 Å². The molecule has 1 aromatic rings. The normalized spacial score (nSPS) is 19.9. The predicted molar refractivity (Wildman–Crippen MR) is 60.0 cm³/mol. The molecular weight excluding hydrogens is 228 g/mol. The van der Waals surface area contributed by atoms with Crippen LogP contribution in [-0.4, -0.2) is 40.3 Å². The highest BCUT2D eigenvalue weighted by Gasteiger charge is 2.21. The molecule has 6 nitrogen and oxygen atoms in total. The Morgan fingerprint density at radius 2 is 2.62 bits per heavy atom. The first-order valence-corrected chi connectivity index (χ1v) is 6.29. The molecule has 1 aliphatic heterocycles. The molecule has 16 heavy (non-hydrogen) atoms. The van der Waals surface area contributed by atoms with Crippen LogP contribution in [0.25, 0.3) is 0 Å². The van der Waals surface area contributed by atoms with E-state index < -0.39 is 0 Å². The van der Waals surface area contributed by atoms with Crippen LogP contribution in [-0.2, 0) is 11.2 Å². The van der Waals surface area contributed by atoms with Crippen LogP contribution in [0.1, 0.15) is 11.7 Å². The number of aromatic nitrogens is 2. The highest BCUT2D eigenvalue weighted by Crippen LogP contribution is 2.09. The van der Waals surface area contributed by atoms with Crippen LogP contribution in [0.3, 0.4) is 0 Å². The molecule has 2 N–H and O–H groups in total. The fourth-order valence-corrected chi connectivity index (χ4v) is 2.37. The highest BCUT2D eigenvalue weighted by molar-refractivity contribution is 7.99. The molecule has 1 amide bonds. The van der Waals surface area contributed by atoms with E-state index in [9.17, 15) is 4.79 Å². The summed E-state index contributed by atoms with van der Waals surface area (Å²) in [5.41, 5.74) is 0. The standard InChI is InChI=1S/C9H14N4O2S/c1-6-12-8(13-15-6)2-3-10-9(14)7-4-16-5-11-7/h7,11H,2-5H2,1H3,(H,10,14). The van der Waals surface area contributed by atoms with Crippen molar-refractivity contribution in [3.05, 3.63) is 11.7 Å². The van der Waals surface area contributed by atoms with Crippen molar-refractivity contribution >= 4 is 17.7 Å². The Morgan fingerprint density at radius 3 is 3.25 bits per heavy atom. The van der Waals surface area contributed by atoms with Crippen molar-refractivity contribution in [1.82, 2.24) is 20.8 Å². The van der Waals surface area contributed by atoms with Gasteiger partial charge in [-0.1, -0.05) is 5.16 Å². The second-order valence-corrected chi connectivity index (χ2v) is 4.57. The van der Waals surface area contributed by atoms with Gasteiger partial charge in [0.25, 0.3) is 0 Å². The van der Waals surface area contributed by atoms with E-state index in [0.29, 0.717) is 24.7 Å². The molecule has 1 fully saturated rings. The molecule has 0 aliphatic carbocycles. The lowest BCUT2D eigenvalue weighted by Crippen LogP contribution is -2.42. The second kappa shape index (κ2) is 5.31. The first kappa shape index (κ1) is 11.4. The van der Waals surface area contributed by atoms with Crippen molar-refractivity contribution < 1.29 is 9.32 Å². The van der Waals surface area contributed by atoms with Crippen LogP contribution < -0.4 is 10.6 Å². The Bertz CT molecular complexity index is 362. The zero-order valence-corrected chi connectivity index (χ0v) is 9.84. The van der Waals surface area contributed by atoms with Crippen molar-refractivity contribution in [3.63, 3.8) is 0 Å². The Kier molecular flexibility index (Phi) is 3.79. The van der Waals surface area contributed by atoms with Gasteiger partial charge in [0.15, 0.2) is 5.82 Å². The first-order chi connectivity index (χ1) is 7.75. The van der Waals surface area contributed by atoms with Crippen molar-refractivity contribution in [1.29, 1.82) is 0 Å². The summed E-state index contributed by atoms with van der Waals surface area (Å²) in [5.74, 6) is 2.92. The number of nitrogens with zero attached hydrogens (tertiary/aromatic N) is 2. The van der Waals surface area contributed by atoms with E-state index >= 15 is 0 Å². The number of thioether (sulfide) groups is 1. The van der Waals surface area contributed by atoms with Crippen LogP contribution in [0, 0.1) is 6.92 Å². The molecule has 1 atom stereocenters. The largest absolute Gasteiger partial charge is 0.354 e. The molecule has 1 saturated heterocycles. The predicted octanol–water partition coefficient (Wildman–Crippen LogP) is -0.301. The quantitative estimate of drug-likeness (QED) is 0.754. The van der Waals surface area contributed by atoms with Gasteiger partial charge >= 0.3 is 0 Å². The number of hydrogen-bond acceptors (Lipinski definition) is 6. The number of aryl methyl sites for hydroxylation is 1. The van der Waals surface area contributed by atoms with E-state index in [1.165, 1.54) is 0 Å². The average Bonchev–Trinajstić information content (AvgIpc) is 2.89. The number of hydrogen-bond donors (Lipinski definition) is 2. The number of amides is 1. The smallest absolute Gasteiger partial charge is 0.238 e. The molecule has 0 bridgehead atoms. The molecule has 0 aromatic carbocycles. The summed E-state index contributed by atoms with van der Waals surface area (Å²) in [6.45, 7) is 2.29. The topological polar surface area (TPSA) is 80.0 Å². The fourth-order valence-electron chi connectivity index (χ4n) is 1.43. The molecule has 1 aromatic heterocycles. The minimum atomic E-state index is -0.0583. The van der Waals surface area contributed by atoms with Crippen molar-refractivity contribution in [2.45, 2.75) is 19.4 Å². The Balaban J connectivity index is 1.69. The number of rotatable bonds is 4. The third kappa shape index (κ3) is 2.96.